The van der Waals surface area contributed by atoms with Crippen LogP contribution < -0.4 is 10.1 Å². The fourth-order valence-electron chi connectivity index (χ4n) is 3.64. The molecule has 1 heterocycles. The molecule has 1 aliphatic rings. The normalized spacial score (nSPS) is 14.5. The van der Waals surface area contributed by atoms with Gasteiger partial charge in [0.05, 0.1) is 5.69 Å². The summed E-state index contributed by atoms with van der Waals surface area (Å²) in [5, 5.41) is 3.44. The van der Waals surface area contributed by atoms with Crippen molar-refractivity contribution in [1.82, 2.24) is 4.90 Å². The van der Waals surface area contributed by atoms with Crippen LogP contribution in [0.4, 0.5) is 11.4 Å². The first-order valence-electron chi connectivity index (χ1n) is 10.8. The van der Waals surface area contributed by atoms with Crippen molar-refractivity contribution >= 4 is 34.2 Å². The Bertz CT molecular complexity index is 924. The van der Waals surface area contributed by atoms with Gasteiger partial charge in [0.15, 0.2) is 0 Å². The molecule has 0 radical (unpaired) electrons. The maximum atomic E-state index is 5.94. The first-order valence-corrected chi connectivity index (χ1v) is 10.8. The first kappa shape index (κ1) is 23.0. The van der Waals surface area contributed by atoms with Crippen LogP contribution in [0, 0.1) is 0 Å². The molecule has 1 saturated heterocycles. The second-order valence-electron chi connectivity index (χ2n) is 7.56. The van der Waals surface area contributed by atoms with Crippen LogP contribution in [0.2, 0.25) is 0 Å². The van der Waals surface area contributed by atoms with E-state index in [1.807, 2.05) is 72.8 Å². The van der Waals surface area contributed by atoms with Gasteiger partial charge in [-0.1, -0.05) is 55.0 Å². The Morgan fingerprint density at radius 1 is 0.806 bits per heavy atom. The standard InChI is InChI=1S/C26H29N3O.BrH/c1-4-10-22(11-5-1)26(27-23-12-6-2-7-13-23)28-24-14-16-25(17-15-24)30-21-20-29-18-8-3-9-19-29;/h1-2,4-7,10-17H,3,8-9,18-21H2,(H,27,28);1H. The number of aliphatic imine (C=N–C) groups is 1. The Labute approximate surface area is 195 Å². The van der Waals surface area contributed by atoms with E-state index < -0.39 is 0 Å². The van der Waals surface area contributed by atoms with Crippen LogP contribution in [-0.4, -0.2) is 37.0 Å². The highest BCUT2D eigenvalue weighted by atomic mass is 79.9. The molecule has 0 saturated carbocycles. The van der Waals surface area contributed by atoms with Gasteiger partial charge in [-0.25, -0.2) is 4.99 Å². The number of halogens is 1. The number of hydrogen-bond donors (Lipinski definition) is 1. The van der Waals surface area contributed by atoms with Crippen LogP contribution in [0.25, 0.3) is 0 Å². The number of ether oxygens (including phenoxy) is 1. The largest absolute Gasteiger partial charge is 0.492 e. The Balaban J connectivity index is 0.00000272. The Morgan fingerprint density at radius 3 is 2.13 bits per heavy atom. The van der Waals surface area contributed by atoms with E-state index in [1.54, 1.807) is 0 Å². The maximum absolute atomic E-state index is 5.94. The van der Waals surface area contributed by atoms with E-state index in [2.05, 4.69) is 22.3 Å². The van der Waals surface area contributed by atoms with Gasteiger partial charge in [-0.15, -0.1) is 17.0 Å². The number of hydrogen-bond acceptors (Lipinski definition) is 3. The lowest BCUT2D eigenvalue weighted by Gasteiger charge is -2.26. The zero-order valence-corrected chi connectivity index (χ0v) is 19.5. The smallest absolute Gasteiger partial charge is 0.138 e. The number of para-hydroxylation sites is 1. The molecule has 0 atom stereocenters. The van der Waals surface area contributed by atoms with Crippen LogP contribution in [-0.2, 0) is 0 Å². The summed E-state index contributed by atoms with van der Waals surface area (Å²) < 4.78 is 5.94. The van der Waals surface area contributed by atoms with E-state index in [1.165, 1.54) is 32.4 Å². The third-order valence-corrected chi connectivity index (χ3v) is 5.29. The van der Waals surface area contributed by atoms with Gasteiger partial charge in [0, 0.05) is 17.8 Å². The van der Waals surface area contributed by atoms with Gasteiger partial charge in [-0.2, -0.15) is 0 Å². The molecule has 0 unspecified atom stereocenters. The lowest BCUT2D eigenvalue weighted by molar-refractivity contribution is 0.183. The highest BCUT2D eigenvalue weighted by Crippen LogP contribution is 2.20. The molecule has 31 heavy (non-hydrogen) atoms. The van der Waals surface area contributed by atoms with E-state index >= 15 is 0 Å². The zero-order chi connectivity index (χ0) is 20.4. The molecular formula is C26H30BrN3O. The zero-order valence-electron chi connectivity index (χ0n) is 17.7. The van der Waals surface area contributed by atoms with Crippen LogP contribution >= 0.6 is 17.0 Å². The van der Waals surface area contributed by atoms with Crippen LogP contribution in [0.3, 0.4) is 0 Å². The number of rotatable bonds is 7. The summed E-state index contributed by atoms with van der Waals surface area (Å²) in [6, 6.07) is 28.3. The fraction of sp³-hybridized carbons (Fsp3) is 0.269. The Hall–Kier alpha value is -2.63. The van der Waals surface area contributed by atoms with Crippen molar-refractivity contribution in [2.45, 2.75) is 19.3 Å². The van der Waals surface area contributed by atoms with Crippen molar-refractivity contribution in [1.29, 1.82) is 0 Å². The lowest BCUT2D eigenvalue weighted by Crippen LogP contribution is -2.33. The summed E-state index contributed by atoms with van der Waals surface area (Å²) in [4.78, 5) is 7.35. The van der Waals surface area contributed by atoms with Gasteiger partial charge in [0.2, 0.25) is 0 Å². The van der Waals surface area contributed by atoms with Gasteiger partial charge >= 0.3 is 0 Å². The minimum Gasteiger partial charge on any atom is -0.492 e. The third kappa shape index (κ3) is 7.23. The van der Waals surface area contributed by atoms with Crippen LogP contribution in [0.15, 0.2) is 89.9 Å². The van der Waals surface area contributed by atoms with Gasteiger partial charge in [0.1, 0.15) is 18.2 Å². The second-order valence-corrected chi connectivity index (χ2v) is 7.56. The molecule has 0 amide bonds. The van der Waals surface area contributed by atoms with E-state index in [-0.39, 0.29) is 17.0 Å². The lowest BCUT2D eigenvalue weighted by atomic mass is 10.1. The summed E-state index contributed by atoms with van der Waals surface area (Å²) in [6.07, 6.45) is 3.99. The van der Waals surface area contributed by atoms with E-state index in [9.17, 15) is 0 Å². The predicted octanol–water partition coefficient (Wildman–Crippen LogP) is 6.32. The average molecular weight is 480 g/mol. The molecule has 5 heteroatoms. The minimum absolute atomic E-state index is 0. The van der Waals surface area contributed by atoms with Gasteiger partial charge in [-0.05, 0) is 62.3 Å². The molecule has 0 bridgehead atoms. The first-order chi connectivity index (χ1) is 14.9. The average Bonchev–Trinajstić information content (AvgIpc) is 2.82. The number of benzene rings is 3. The molecule has 4 rings (SSSR count). The van der Waals surface area contributed by atoms with E-state index in [4.69, 9.17) is 9.73 Å². The quantitative estimate of drug-likeness (QED) is 0.318. The molecule has 0 spiro atoms. The van der Waals surface area contributed by atoms with Crippen molar-refractivity contribution in [3.8, 4) is 5.75 Å². The summed E-state index contributed by atoms with van der Waals surface area (Å²) >= 11 is 0. The summed E-state index contributed by atoms with van der Waals surface area (Å²) in [5.74, 6) is 1.71. The number of piperidine rings is 1. The van der Waals surface area contributed by atoms with Crippen molar-refractivity contribution in [2.75, 3.05) is 31.6 Å². The highest BCUT2D eigenvalue weighted by molar-refractivity contribution is 8.93. The fourth-order valence-corrected chi connectivity index (χ4v) is 3.64. The van der Waals surface area contributed by atoms with Gasteiger partial charge in [-0.3, -0.25) is 4.90 Å². The number of nitrogens with zero attached hydrogens (tertiary/aromatic N) is 2. The minimum atomic E-state index is 0. The predicted molar refractivity (Wildman–Crippen MR) is 135 cm³/mol. The maximum Gasteiger partial charge on any atom is 0.138 e. The van der Waals surface area contributed by atoms with Crippen molar-refractivity contribution in [2.24, 2.45) is 4.99 Å². The van der Waals surface area contributed by atoms with Crippen LogP contribution in [0.1, 0.15) is 24.8 Å². The SMILES string of the molecule is Br.c1ccc(NC(=Nc2ccc(OCCN3CCCCC3)cc2)c2ccccc2)cc1. The van der Waals surface area contributed by atoms with Crippen molar-refractivity contribution in [3.63, 3.8) is 0 Å². The Kier molecular flexibility index (Phi) is 9.13. The number of amidine groups is 1. The Morgan fingerprint density at radius 2 is 1.45 bits per heavy atom. The topological polar surface area (TPSA) is 36.9 Å². The van der Waals surface area contributed by atoms with Crippen molar-refractivity contribution in [3.05, 3.63) is 90.5 Å². The highest BCUT2D eigenvalue weighted by Gasteiger charge is 2.09. The van der Waals surface area contributed by atoms with Crippen molar-refractivity contribution < 1.29 is 4.74 Å². The molecule has 1 fully saturated rings. The molecule has 3 aromatic rings. The summed E-state index contributed by atoms with van der Waals surface area (Å²) in [7, 11) is 0. The van der Waals surface area contributed by atoms with Crippen LogP contribution in [0.5, 0.6) is 5.75 Å². The molecule has 1 N–H and O–H groups in total. The molecular weight excluding hydrogens is 450 g/mol. The number of anilines is 1. The summed E-state index contributed by atoms with van der Waals surface area (Å²) in [5.41, 5.74) is 2.95. The monoisotopic (exact) mass is 479 g/mol. The number of nitrogens with one attached hydrogen (secondary N) is 1. The molecule has 0 aliphatic carbocycles. The number of likely N-dealkylation sites (tertiary alicyclic amines) is 1. The molecule has 0 aromatic heterocycles. The van der Waals surface area contributed by atoms with E-state index in [0.717, 1.165) is 41.7 Å². The van der Waals surface area contributed by atoms with E-state index in [0.29, 0.717) is 0 Å². The second kappa shape index (κ2) is 12.3. The third-order valence-electron chi connectivity index (χ3n) is 5.29. The molecule has 162 valence electrons. The molecule has 3 aromatic carbocycles. The molecule has 1 aliphatic heterocycles. The van der Waals surface area contributed by atoms with Gasteiger partial charge in [0.25, 0.3) is 0 Å². The van der Waals surface area contributed by atoms with Gasteiger partial charge < -0.3 is 10.1 Å². The molecule has 4 nitrogen and oxygen atoms in total. The summed E-state index contributed by atoms with van der Waals surface area (Å²) in [6.45, 7) is 4.13.